The van der Waals surface area contributed by atoms with Crippen LogP contribution in [0.3, 0.4) is 0 Å². The van der Waals surface area contributed by atoms with Crippen molar-refractivity contribution in [1.29, 1.82) is 0 Å². The van der Waals surface area contributed by atoms with Crippen LogP contribution < -0.4 is 15.5 Å². The average molecular weight is 619 g/mol. The van der Waals surface area contributed by atoms with Crippen molar-refractivity contribution in [2.24, 2.45) is 5.92 Å². The second-order valence-electron chi connectivity index (χ2n) is 11.8. The molecule has 0 aliphatic carbocycles. The van der Waals surface area contributed by atoms with Gasteiger partial charge in [0.1, 0.15) is 17.6 Å². The quantitative estimate of drug-likeness (QED) is 0.431. The Balaban J connectivity index is 1.50. The number of aromatic nitrogens is 4. The van der Waals surface area contributed by atoms with Crippen molar-refractivity contribution < 1.29 is 14.4 Å². The predicted octanol–water partition coefficient (Wildman–Crippen LogP) is 3.32. The summed E-state index contributed by atoms with van der Waals surface area (Å²) in [6.07, 6.45) is 4.05. The second-order valence-corrected chi connectivity index (χ2v) is 12.7. The summed E-state index contributed by atoms with van der Waals surface area (Å²) in [5, 5.41) is 11.0. The summed E-state index contributed by atoms with van der Waals surface area (Å²) in [5.74, 6) is 2.10. The molecular formula is C32H42N8O3S. The summed E-state index contributed by atoms with van der Waals surface area (Å²) in [6.45, 7) is 6.00. The number of carbonyl (C=O) groups excluding carboxylic acids is 3. The molecule has 0 fully saturated rings. The van der Waals surface area contributed by atoms with Gasteiger partial charge in [-0.25, -0.2) is 14.6 Å². The smallest absolute Gasteiger partial charge is 0.272 e. The monoisotopic (exact) mass is 618 g/mol. The zero-order chi connectivity index (χ0) is 31.2. The van der Waals surface area contributed by atoms with Crippen molar-refractivity contribution in [1.82, 2.24) is 35.3 Å². The summed E-state index contributed by atoms with van der Waals surface area (Å²) in [5.41, 5.74) is 2.39. The van der Waals surface area contributed by atoms with Crippen LogP contribution in [0.1, 0.15) is 61.0 Å². The third-order valence-electron chi connectivity index (χ3n) is 8.19. The van der Waals surface area contributed by atoms with Crippen LogP contribution in [-0.4, -0.2) is 87.1 Å². The molecule has 1 aromatic carbocycles. The van der Waals surface area contributed by atoms with E-state index in [0.717, 1.165) is 35.7 Å². The fourth-order valence-corrected chi connectivity index (χ4v) is 6.12. The van der Waals surface area contributed by atoms with Crippen molar-refractivity contribution >= 4 is 35.3 Å². The summed E-state index contributed by atoms with van der Waals surface area (Å²) in [7, 11) is 1.99. The Hall–Kier alpha value is -3.93. The van der Waals surface area contributed by atoms with Crippen molar-refractivity contribution in [3.8, 4) is 11.4 Å². The number of amides is 3. The lowest BCUT2D eigenvalue weighted by Gasteiger charge is -2.28. The highest BCUT2D eigenvalue weighted by Gasteiger charge is 2.30. The molecule has 2 aliphatic rings. The fraction of sp³-hybridized carbons (Fsp3) is 0.500. The highest BCUT2D eigenvalue weighted by Crippen LogP contribution is 2.26. The van der Waals surface area contributed by atoms with Crippen LogP contribution in [0, 0.1) is 5.92 Å². The van der Waals surface area contributed by atoms with E-state index in [0.29, 0.717) is 49.8 Å². The standard InChI is InChI=1S/C32H42N8O3S/c1-21(2)27-30-36-28(22-9-6-5-7-10-22)37-40(30)19-18-39(32(43)25-13-12-23-14-17-38(3)29(23)34-25)16-8-11-26(41)33-24(15-20-44-4)31(42)35-27/h5-7,9-10,12-13,21,24,27H,8,11,14-20H2,1-4H3,(H,33,41)(H,35,42)/t24-,27+/m0/s1. The topological polar surface area (TPSA) is 125 Å². The fourth-order valence-electron chi connectivity index (χ4n) is 5.65. The van der Waals surface area contributed by atoms with Crippen molar-refractivity contribution in [2.75, 3.05) is 43.6 Å². The molecule has 44 heavy (non-hydrogen) atoms. The number of fused-ring (bicyclic) bond motifs is 2. The predicted molar refractivity (Wildman–Crippen MR) is 172 cm³/mol. The van der Waals surface area contributed by atoms with Gasteiger partial charge in [0.25, 0.3) is 5.91 Å². The zero-order valence-electron chi connectivity index (χ0n) is 26.0. The Morgan fingerprint density at radius 2 is 1.80 bits per heavy atom. The van der Waals surface area contributed by atoms with Gasteiger partial charge in [0.05, 0.1) is 12.6 Å². The van der Waals surface area contributed by atoms with E-state index in [4.69, 9.17) is 15.1 Å². The highest BCUT2D eigenvalue weighted by atomic mass is 32.2. The van der Waals surface area contributed by atoms with Crippen LogP contribution in [0.5, 0.6) is 0 Å². The van der Waals surface area contributed by atoms with Gasteiger partial charge in [-0.2, -0.15) is 16.9 Å². The van der Waals surface area contributed by atoms with Crippen LogP contribution in [0.25, 0.3) is 11.4 Å². The molecule has 0 saturated heterocycles. The van der Waals surface area contributed by atoms with Crippen molar-refractivity contribution in [2.45, 2.75) is 58.2 Å². The van der Waals surface area contributed by atoms with E-state index in [1.807, 2.05) is 68.2 Å². The van der Waals surface area contributed by atoms with Gasteiger partial charge in [0, 0.05) is 38.7 Å². The highest BCUT2D eigenvalue weighted by molar-refractivity contribution is 7.98. The molecule has 12 heteroatoms. The van der Waals surface area contributed by atoms with E-state index in [1.165, 1.54) is 0 Å². The molecule has 0 bridgehead atoms. The van der Waals surface area contributed by atoms with Gasteiger partial charge in [-0.3, -0.25) is 14.4 Å². The van der Waals surface area contributed by atoms with Gasteiger partial charge in [0.15, 0.2) is 11.6 Å². The largest absolute Gasteiger partial charge is 0.359 e. The Kier molecular flexibility index (Phi) is 10.2. The lowest BCUT2D eigenvalue weighted by atomic mass is 10.0. The number of likely N-dealkylation sites (N-methyl/N-ethyl adjacent to an activating group) is 1. The molecule has 3 amide bonds. The summed E-state index contributed by atoms with van der Waals surface area (Å²) < 4.78 is 1.82. The number of rotatable bonds is 6. The Morgan fingerprint density at radius 1 is 1.00 bits per heavy atom. The lowest BCUT2D eigenvalue weighted by Crippen LogP contribution is -2.49. The molecular weight excluding hydrogens is 576 g/mol. The minimum Gasteiger partial charge on any atom is -0.359 e. The summed E-state index contributed by atoms with van der Waals surface area (Å²) in [4.78, 5) is 54.0. The number of carbonyl (C=O) groups is 3. The first-order valence-electron chi connectivity index (χ1n) is 15.3. The zero-order valence-corrected chi connectivity index (χ0v) is 26.8. The van der Waals surface area contributed by atoms with Gasteiger partial charge >= 0.3 is 0 Å². The number of hydrogen-bond acceptors (Lipinski definition) is 8. The summed E-state index contributed by atoms with van der Waals surface area (Å²) in [6, 6.07) is 12.4. The van der Waals surface area contributed by atoms with E-state index in [2.05, 4.69) is 15.5 Å². The molecule has 3 aromatic rings. The van der Waals surface area contributed by atoms with E-state index >= 15 is 0 Å². The maximum Gasteiger partial charge on any atom is 0.272 e. The molecule has 2 aliphatic heterocycles. The Bertz CT molecular complexity index is 1480. The minimum absolute atomic E-state index is 0.0133. The molecule has 2 atom stereocenters. The van der Waals surface area contributed by atoms with Crippen LogP contribution >= 0.6 is 11.8 Å². The normalized spacial score (nSPS) is 19.7. The molecule has 2 N–H and O–H groups in total. The third-order valence-corrected chi connectivity index (χ3v) is 8.84. The third kappa shape index (κ3) is 7.23. The van der Waals surface area contributed by atoms with Gasteiger partial charge < -0.3 is 20.4 Å². The molecule has 2 aromatic heterocycles. The average Bonchev–Trinajstić information content (AvgIpc) is 3.62. The van der Waals surface area contributed by atoms with Crippen LogP contribution in [0.4, 0.5) is 5.82 Å². The number of anilines is 1. The number of hydrogen-bond donors (Lipinski definition) is 2. The van der Waals surface area contributed by atoms with Gasteiger partial charge in [-0.05, 0) is 48.8 Å². The van der Waals surface area contributed by atoms with E-state index in [1.54, 1.807) is 22.7 Å². The lowest BCUT2D eigenvalue weighted by molar-refractivity contribution is -0.129. The van der Waals surface area contributed by atoms with Gasteiger partial charge in [-0.15, -0.1) is 0 Å². The maximum absolute atomic E-state index is 13.9. The van der Waals surface area contributed by atoms with E-state index < -0.39 is 12.1 Å². The second kappa shape index (κ2) is 14.2. The van der Waals surface area contributed by atoms with Crippen molar-refractivity contribution in [3.63, 3.8) is 0 Å². The molecule has 234 valence electrons. The summed E-state index contributed by atoms with van der Waals surface area (Å²) >= 11 is 1.63. The molecule has 5 rings (SSSR count). The minimum atomic E-state index is -0.672. The van der Waals surface area contributed by atoms with Gasteiger partial charge in [-0.1, -0.05) is 50.2 Å². The molecule has 0 saturated carbocycles. The first kappa shape index (κ1) is 31.5. The van der Waals surface area contributed by atoms with E-state index in [-0.39, 0.29) is 30.1 Å². The van der Waals surface area contributed by atoms with Crippen LogP contribution in [-0.2, 0) is 22.6 Å². The maximum atomic E-state index is 13.9. The van der Waals surface area contributed by atoms with Gasteiger partial charge in [0.2, 0.25) is 11.8 Å². The van der Waals surface area contributed by atoms with Crippen LogP contribution in [0.2, 0.25) is 0 Å². The van der Waals surface area contributed by atoms with Crippen LogP contribution in [0.15, 0.2) is 42.5 Å². The first-order chi connectivity index (χ1) is 21.2. The Labute approximate surface area is 263 Å². The first-order valence-corrected chi connectivity index (χ1v) is 16.7. The number of benzene rings is 1. The molecule has 11 nitrogen and oxygen atoms in total. The van der Waals surface area contributed by atoms with E-state index in [9.17, 15) is 14.4 Å². The number of thioether (sulfide) groups is 1. The van der Waals surface area contributed by atoms with Crippen molar-refractivity contribution in [3.05, 3.63) is 59.5 Å². The molecule has 0 radical (unpaired) electrons. The number of pyridine rings is 1. The number of nitrogens with zero attached hydrogens (tertiary/aromatic N) is 6. The number of nitrogens with one attached hydrogen (secondary N) is 2. The Morgan fingerprint density at radius 3 is 2.55 bits per heavy atom. The molecule has 0 spiro atoms. The molecule has 4 heterocycles. The SMILES string of the molecule is CSCC[C@@H]1NC(=O)CCCN(C(=O)c2ccc3c(n2)N(C)CC3)CCn2nc(-c3ccccc3)nc2[C@@H](C(C)C)NC1=O. The molecule has 0 unspecified atom stereocenters.